The molecule has 2 N–H and O–H groups in total. The third-order valence-electron chi connectivity index (χ3n) is 7.92. The van der Waals surface area contributed by atoms with Crippen LogP contribution in [0.3, 0.4) is 0 Å². The van der Waals surface area contributed by atoms with Crippen LogP contribution >= 0.6 is 11.6 Å². The molecule has 6 nitrogen and oxygen atoms in total. The summed E-state index contributed by atoms with van der Waals surface area (Å²) in [5, 5.41) is 5.45. The van der Waals surface area contributed by atoms with Gasteiger partial charge in [0, 0.05) is 19.1 Å². The van der Waals surface area contributed by atoms with E-state index in [-0.39, 0.29) is 22.7 Å². The van der Waals surface area contributed by atoms with Crippen molar-refractivity contribution in [3.63, 3.8) is 0 Å². The Balaban J connectivity index is 1.21. The molecule has 0 radical (unpaired) electrons. The summed E-state index contributed by atoms with van der Waals surface area (Å²) in [6, 6.07) is 16.6. The van der Waals surface area contributed by atoms with E-state index >= 15 is 0 Å². The van der Waals surface area contributed by atoms with Gasteiger partial charge in [0.25, 0.3) is 5.91 Å². The summed E-state index contributed by atoms with van der Waals surface area (Å²) in [6.45, 7) is 1.04. The molecule has 212 valence electrons. The summed E-state index contributed by atoms with van der Waals surface area (Å²) < 4.78 is 44.4. The van der Waals surface area contributed by atoms with Gasteiger partial charge in [0.1, 0.15) is 12.0 Å². The number of hydrogen-bond donors (Lipinski definition) is 2. The zero-order valence-corrected chi connectivity index (χ0v) is 22.7. The highest BCUT2D eigenvalue weighted by atomic mass is 35.5. The number of halogens is 4. The number of furan rings is 1. The fourth-order valence-electron chi connectivity index (χ4n) is 6.02. The first kappa shape index (κ1) is 28.2. The van der Waals surface area contributed by atoms with Crippen LogP contribution in [0.1, 0.15) is 53.8 Å². The van der Waals surface area contributed by atoms with Gasteiger partial charge in [-0.25, -0.2) is 0 Å². The summed E-state index contributed by atoms with van der Waals surface area (Å²) in [7, 11) is 0. The molecule has 1 aliphatic carbocycles. The molecule has 10 heteroatoms. The Kier molecular flexibility index (Phi) is 8.24. The van der Waals surface area contributed by atoms with Crippen LogP contribution in [0.2, 0.25) is 5.02 Å². The molecule has 2 aliphatic rings. The van der Waals surface area contributed by atoms with Crippen molar-refractivity contribution in [2.24, 2.45) is 0 Å². The molecule has 2 amide bonds. The van der Waals surface area contributed by atoms with Crippen LogP contribution in [0.5, 0.6) is 0 Å². The van der Waals surface area contributed by atoms with Crippen LogP contribution in [-0.4, -0.2) is 55.1 Å². The third-order valence-corrected chi connectivity index (χ3v) is 8.22. The number of alkyl halides is 3. The summed E-state index contributed by atoms with van der Waals surface area (Å²) >= 11 is 5.98. The van der Waals surface area contributed by atoms with Crippen molar-refractivity contribution in [3.8, 4) is 11.1 Å². The predicted molar refractivity (Wildman–Crippen MR) is 146 cm³/mol. The Morgan fingerprint density at radius 2 is 1.60 bits per heavy atom. The van der Waals surface area contributed by atoms with E-state index in [0.717, 1.165) is 61.2 Å². The molecule has 0 atom stereocenters. The predicted octanol–water partition coefficient (Wildman–Crippen LogP) is 5.94. The van der Waals surface area contributed by atoms with Gasteiger partial charge in [-0.2, -0.15) is 13.2 Å². The standard InChI is InChI=1S/C30H31ClF3N3O3/c31-25-13-18-40-26(25)27(38)36-20-11-16-37(17-12-20)15-6-5-14-29(28(39)35-19-30(32,33)34)23-9-3-1-7-21(23)22-8-2-4-10-24(22)29/h1-4,7-10,13,18,20H,5-6,11-12,14-17,19H2,(H,35,39)(H,36,38). The minimum Gasteiger partial charge on any atom is -0.458 e. The van der Waals surface area contributed by atoms with Gasteiger partial charge in [-0.15, -0.1) is 0 Å². The SMILES string of the molecule is O=C(NC1CCN(CCCCC2(C(=O)NCC(F)(F)F)c3ccccc3-c3ccccc32)CC1)c1occc1Cl. The smallest absolute Gasteiger partial charge is 0.405 e. The molecule has 40 heavy (non-hydrogen) atoms. The number of amides is 2. The number of likely N-dealkylation sites (tertiary alicyclic amines) is 1. The minimum atomic E-state index is -4.50. The van der Waals surface area contributed by atoms with Crippen molar-refractivity contribution < 1.29 is 27.2 Å². The van der Waals surface area contributed by atoms with E-state index < -0.39 is 24.0 Å². The molecule has 0 bridgehead atoms. The van der Waals surface area contributed by atoms with E-state index in [2.05, 4.69) is 15.5 Å². The van der Waals surface area contributed by atoms with Gasteiger partial charge in [-0.1, -0.05) is 66.6 Å². The molecule has 5 rings (SSSR count). The first-order valence-electron chi connectivity index (χ1n) is 13.5. The van der Waals surface area contributed by atoms with Crippen molar-refractivity contribution in [2.75, 3.05) is 26.2 Å². The maximum absolute atomic E-state index is 13.6. The lowest BCUT2D eigenvalue weighted by Crippen LogP contribution is -2.47. The van der Waals surface area contributed by atoms with Crippen LogP contribution in [0, 0.1) is 0 Å². The van der Waals surface area contributed by atoms with Gasteiger partial charge in [0.15, 0.2) is 0 Å². The fourth-order valence-corrected chi connectivity index (χ4v) is 6.20. The van der Waals surface area contributed by atoms with E-state index in [1.54, 1.807) is 0 Å². The highest BCUT2D eigenvalue weighted by Crippen LogP contribution is 2.51. The molecule has 1 saturated heterocycles. The summed E-state index contributed by atoms with van der Waals surface area (Å²) in [5.74, 6) is -0.817. The number of benzene rings is 2. The number of nitrogens with one attached hydrogen (secondary N) is 2. The van der Waals surface area contributed by atoms with Crippen LogP contribution < -0.4 is 10.6 Å². The second-order valence-electron chi connectivity index (χ2n) is 10.4. The van der Waals surface area contributed by atoms with Crippen molar-refractivity contribution >= 4 is 23.4 Å². The first-order valence-corrected chi connectivity index (χ1v) is 13.9. The molecule has 1 aliphatic heterocycles. The molecular formula is C30H31ClF3N3O3. The van der Waals surface area contributed by atoms with Crippen molar-refractivity contribution in [2.45, 2.75) is 49.7 Å². The van der Waals surface area contributed by atoms with E-state index in [1.165, 1.54) is 12.3 Å². The quantitative estimate of drug-likeness (QED) is 0.311. The zero-order chi connectivity index (χ0) is 28.3. The Morgan fingerprint density at radius 1 is 0.975 bits per heavy atom. The monoisotopic (exact) mass is 573 g/mol. The van der Waals surface area contributed by atoms with Gasteiger partial charge in [0.2, 0.25) is 11.7 Å². The van der Waals surface area contributed by atoms with Crippen LogP contribution in [0.4, 0.5) is 13.2 Å². The van der Waals surface area contributed by atoms with E-state index in [9.17, 15) is 22.8 Å². The molecular weight excluding hydrogens is 543 g/mol. The Labute approximate surface area is 235 Å². The van der Waals surface area contributed by atoms with E-state index in [1.807, 2.05) is 48.5 Å². The van der Waals surface area contributed by atoms with Crippen molar-refractivity contribution in [1.82, 2.24) is 15.5 Å². The van der Waals surface area contributed by atoms with Crippen LogP contribution in [0.15, 0.2) is 65.3 Å². The molecule has 0 saturated carbocycles. The number of carbonyl (C=O) groups excluding carboxylic acids is 2. The maximum atomic E-state index is 13.6. The lowest BCUT2D eigenvalue weighted by molar-refractivity contribution is -0.141. The first-order chi connectivity index (χ1) is 19.2. The normalized spacial score (nSPS) is 16.8. The zero-order valence-electron chi connectivity index (χ0n) is 21.9. The molecule has 2 aromatic carbocycles. The Hall–Kier alpha value is -3.30. The van der Waals surface area contributed by atoms with Gasteiger partial charge in [-0.05, 0) is 60.5 Å². The van der Waals surface area contributed by atoms with Gasteiger partial charge < -0.3 is 20.0 Å². The average Bonchev–Trinajstić information content (AvgIpc) is 3.50. The number of fused-ring (bicyclic) bond motifs is 3. The van der Waals surface area contributed by atoms with E-state index in [0.29, 0.717) is 12.8 Å². The Bertz CT molecular complexity index is 1320. The number of rotatable bonds is 9. The van der Waals surface area contributed by atoms with Gasteiger partial charge in [-0.3, -0.25) is 9.59 Å². The molecule has 1 fully saturated rings. The summed E-state index contributed by atoms with van der Waals surface area (Å²) in [4.78, 5) is 28.3. The highest BCUT2D eigenvalue weighted by Gasteiger charge is 2.49. The molecule has 2 heterocycles. The summed E-state index contributed by atoms with van der Waals surface area (Å²) in [5.41, 5.74) is 2.11. The largest absolute Gasteiger partial charge is 0.458 e. The lowest BCUT2D eigenvalue weighted by Gasteiger charge is -2.33. The maximum Gasteiger partial charge on any atom is 0.405 e. The Morgan fingerprint density at radius 3 is 2.17 bits per heavy atom. The number of carbonyl (C=O) groups is 2. The summed E-state index contributed by atoms with van der Waals surface area (Å²) in [6.07, 6.45) is 0.314. The second-order valence-corrected chi connectivity index (χ2v) is 10.8. The number of hydrogen-bond acceptors (Lipinski definition) is 4. The number of nitrogens with zero attached hydrogens (tertiary/aromatic N) is 1. The third kappa shape index (κ3) is 5.76. The minimum absolute atomic E-state index is 0.0250. The average molecular weight is 574 g/mol. The molecule has 0 spiro atoms. The van der Waals surface area contributed by atoms with Crippen molar-refractivity contribution in [3.05, 3.63) is 82.8 Å². The lowest BCUT2D eigenvalue weighted by atomic mass is 9.73. The second kappa shape index (κ2) is 11.7. The highest BCUT2D eigenvalue weighted by molar-refractivity contribution is 6.33. The molecule has 1 aromatic heterocycles. The van der Waals surface area contributed by atoms with Crippen molar-refractivity contribution in [1.29, 1.82) is 0 Å². The topological polar surface area (TPSA) is 74.6 Å². The fraction of sp³-hybridized carbons (Fsp3) is 0.400. The number of unbranched alkanes of at least 4 members (excludes halogenated alkanes) is 1. The molecule has 3 aromatic rings. The van der Waals surface area contributed by atoms with Crippen LogP contribution in [-0.2, 0) is 10.2 Å². The van der Waals surface area contributed by atoms with Gasteiger partial charge >= 0.3 is 6.18 Å². The van der Waals surface area contributed by atoms with E-state index in [4.69, 9.17) is 16.0 Å². The van der Waals surface area contributed by atoms with Gasteiger partial charge in [0.05, 0.1) is 11.3 Å². The van der Waals surface area contributed by atoms with Crippen LogP contribution in [0.25, 0.3) is 11.1 Å². The molecule has 0 unspecified atom stereocenters. The number of piperidine rings is 1.